The van der Waals surface area contributed by atoms with Gasteiger partial charge < -0.3 is 10.2 Å². The average molecular weight is 297 g/mol. The van der Waals surface area contributed by atoms with Crippen molar-refractivity contribution in [1.82, 2.24) is 0 Å². The van der Waals surface area contributed by atoms with Crippen molar-refractivity contribution >= 4 is 23.5 Å². The highest BCUT2D eigenvalue weighted by molar-refractivity contribution is 6.29. The van der Waals surface area contributed by atoms with Crippen LogP contribution in [0.3, 0.4) is 0 Å². The van der Waals surface area contributed by atoms with Crippen LogP contribution in [0.15, 0.2) is 46.6 Å². The molecule has 0 bridgehead atoms. The maximum atomic E-state index is 10.6. The molecule has 20 heavy (non-hydrogen) atoms. The van der Waals surface area contributed by atoms with Crippen LogP contribution in [0.2, 0.25) is 0 Å². The van der Waals surface area contributed by atoms with E-state index < -0.39 is 17.5 Å². The van der Waals surface area contributed by atoms with E-state index >= 15 is 0 Å². The Kier molecular flexibility index (Phi) is 5.34. The Hall–Kier alpha value is -1.81. The molecule has 0 radical (unpaired) electrons. The van der Waals surface area contributed by atoms with E-state index in [0.717, 1.165) is 29.5 Å². The molecule has 0 fully saturated rings. The summed E-state index contributed by atoms with van der Waals surface area (Å²) in [5.41, 5.74) is 0.453. The van der Waals surface area contributed by atoms with E-state index in [-0.39, 0.29) is 5.41 Å². The fourth-order valence-electron chi connectivity index (χ4n) is 2.05. The Balaban J connectivity index is 2.84. The molecule has 0 unspecified atom stereocenters. The Bertz CT molecular complexity index is 520. The van der Waals surface area contributed by atoms with E-state index in [9.17, 15) is 9.59 Å². The van der Waals surface area contributed by atoms with E-state index in [0.29, 0.717) is 0 Å². The summed E-state index contributed by atoms with van der Waals surface area (Å²) in [6.07, 6.45) is 9.45. The molecule has 0 spiro atoms. The average Bonchev–Trinajstić information content (AvgIpc) is 2.24. The van der Waals surface area contributed by atoms with Crippen molar-refractivity contribution in [2.24, 2.45) is 5.41 Å². The molecule has 0 saturated carbocycles. The molecule has 1 rings (SSSR count). The number of hydrogen-bond donors (Lipinski definition) is 2. The molecule has 0 saturated heterocycles. The largest absolute Gasteiger partial charge is 0.477 e. The molecule has 0 amide bonds. The third-order valence-corrected chi connectivity index (χ3v) is 3.06. The summed E-state index contributed by atoms with van der Waals surface area (Å²) >= 11 is 6.07. The summed E-state index contributed by atoms with van der Waals surface area (Å²) in [5.74, 6) is -2.92. The van der Waals surface area contributed by atoms with Crippen molar-refractivity contribution < 1.29 is 19.8 Å². The molecule has 0 heterocycles. The van der Waals surface area contributed by atoms with Gasteiger partial charge in [-0.3, -0.25) is 0 Å². The van der Waals surface area contributed by atoms with Crippen LogP contribution < -0.4 is 0 Å². The zero-order valence-corrected chi connectivity index (χ0v) is 12.1. The van der Waals surface area contributed by atoms with Gasteiger partial charge in [0.2, 0.25) is 0 Å². The molecule has 0 aromatic carbocycles. The maximum absolute atomic E-state index is 10.6. The molecule has 4 nitrogen and oxygen atoms in total. The van der Waals surface area contributed by atoms with Crippen molar-refractivity contribution in [3.8, 4) is 0 Å². The van der Waals surface area contributed by atoms with E-state index in [1.807, 2.05) is 6.08 Å². The smallest absolute Gasteiger partial charge is 0.343 e. The fourth-order valence-corrected chi connectivity index (χ4v) is 2.55. The van der Waals surface area contributed by atoms with E-state index in [1.165, 1.54) is 6.08 Å². The molecule has 2 N–H and O–H groups in total. The Morgan fingerprint density at radius 3 is 2.30 bits per heavy atom. The second-order valence-corrected chi connectivity index (χ2v) is 5.91. The number of halogens is 1. The molecule has 0 atom stereocenters. The Labute approximate surface area is 122 Å². The molecule has 0 aliphatic heterocycles. The number of aliphatic carboxylic acids is 2. The lowest BCUT2D eigenvalue weighted by atomic mass is 9.78. The quantitative estimate of drug-likeness (QED) is 0.360. The highest BCUT2D eigenvalue weighted by Crippen LogP contribution is 2.39. The lowest BCUT2D eigenvalue weighted by Gasteiger charge is -2.29. The number of carboxylic acids is 2. The predicted octanol–water partition coefficient (Wildman–Crippen LogP) is 3.51. The first-order chi connectivity index (χ1) is 9.21. The molecule has 1 aliphatic carbocycles. The Morgan fingerprint density at radius 1 is 1.20 bits per heavy atom. The lowest BCUT2D eigenvalue weighted by Crippen LogP contribution is -2.15. The third kappa shape index (κ3) is 5.05. The van der Waals surface area contributed by atoms with Gasteiger partial charge in [-0.2, -0.15) is 0 Å². The van der Waals surface area contributed by atoms with Crippen molar-refractivity contribution in [1.29, 1.82) is 0 Å². The van der Waals surface area contributed by atoms with Crippen LogP contribution in [0.5, 0.6) is 0 Å². The molecule has 108 valence electrons. The van der Waals surface area contributed by atoms with Crippen molar-refractivity contribution in [2.75, 3.05) is 0 Å². The van der Waals surface area contributed by atoms with Crippen molar-refractivity contribution in [3.63, 3.8) is 0 Å². The van der Waals surface area contributed by atoms with Crippen molar-refractivity contribution in [2.45, 2.75) is 26.7 Å². The molecule has 5 heteroatoms. The van der Waals surface area contributed by atoms with Gasteiger partial charge in [0.15, 0.2) is 0 Å². The fraction of sp³-hybridized carbons (Fsp3) is 0.333. The van der Waals surface area contributed by atoms with E-state index in [2.05, 4.69) is 13.8 Å². The SMILES string of the molecule is CC1(C)CC(Cl)=C/C(=C/C=C/C=C(C(=O)O)C(=O)O)C1. The predicted molar refractivity (Wildman–Crippen MR) is 77.5 cm³/mol. The monoisotopic (exact) mass is 296 g/mol. The van der Waals surface area contributed by atoms with Crippen molar-refractivity contribution in [3.05, 3.63) is 46.6 Å². The zero-order valence-electron chi connectivity index (χ0n) is 11.4. The van der Waals surface area contributed by atoms with Gasteiger partial charge in [-0.15, -0.1) is 0 Å². The highest BCUT2D eigenvalue weighted by atomic mass is 35.5. The van der Waals surface area contributed by atoms with Gasteiger partial charge in [-0.25, -0.2) is 9.59 Å². The van der Waals surface area contributed by atoms with Crippen LogP contribution in [0, 0.1) is 5.41 Å². The third-order valence-electron chi connectivity index (χ3n) is 2.82. The van der Waals surface area contributed by atoms with Gasteiger partial charge in [0.05, 0.1) is 0 Å². The number of hydrogen-bond acceptors (Lipinski definition) is 2. The minimum absolute atomic E-state index is 0.0919. The summed E-state index contributed by atoms with van der Waals surface area (Å²) in [7, 11) is 0. The van der Waals surface area contributed by atoms with E-state index in [1.54, 1.807) is 12.2 Å². The Morgan fingerprint density at radius 2 is 1.80 bits per heavy atom. The zero-order chi connectivity index (χ0) is 15.3. The number of carboxylic acid groups (broad SMARTS) is 2. The van der Waals surface area contributed by atoms with Gasteiger partial charge in [-0.1, -0.05) is 43.7 Å². The first-order valence-corrected chi connectivity index (χ1v) is 6.49. The summed E-state index contributed by atoms with van der Waals surface area (Å²) in [4.78, 5) is 21.3. The first kappa shape index (κ1) is 16.2. The molecular formula is C15H17ClO4. The number of rotatable bonds is 4. The van der Waals surface area contributed by atoms with Gasteiger partial charge >= 0.3 is 11.9 Å². The number of carbonyl (C=O) groups is 2. The maximum Gasteiger partial charge on any atom is 0.343 e. The molecule has 1 aliphatic rings. The van der Waals surface area contributed by atoms with Crippen LogP contribution in [0.4, 0.5) is 0 Å². The van der Waals surface area contributed by atoms with Gasteiger partial charge in [0.1, 0.15) is 5.57 Å². The van der Waals surface area contributed by atoms with E-state index in [4.69, 9.17) is 21.8 Å². The topological polar surface area (TPSA) is 74.6 Å². The van der Waals surface area contributed by atoms with Crippen LogP contribution in [0.1, 0.15) is 26.7 Å². The molecule has 0 aromatic heterocycles. The second kappa shape index (κ2) is 6.57. The summed E-state index contributed by atoms with van der Waals surface area (Å²) in [6, 6.07) is 0. The summed E-state index contributed by atoms with van der Waals surface area (Å²) < 4.78 is 0. The summed E-state index contributed by atoms with van der Waals surface area (Å²) in [6.45, 7) is 4.24. The minimum atomic E-state index is -1.46. The lowest BCUT2D eigenvalue weighted by molar-refractivity contribution is -0.140. The normalized spacial score (nSPS) is 19.8. The van der Waals surface area contributed by atoms with Crippen LogP contribution in [0.25, 0.3) is 0 Å². The number of allylic oxidation sites excluding steroid dienone is 7. The highest BCUT2D eigenvalue weighted by Gasteiger charge is 2.24. The standard InChI is InChI=1S/C15H17ClO4/c1-15(2)8-10(7-11(16)9-15)5-3-4-6-12(13(17)18)14(19)20/h3-7H,8-9H2,1-2H3,(H,17,18)(H,19,20)/b4-3+,10-5-. The molecule has 0 aromatic rings. The minimum Gasteiger partial charge on any atom is -0.477 e. The van der Waals surface area contributed by atoms with Gasteiger partial charge in [0.25, 0.3) is 0 Å². The van der Waals surface area contributed by atoms with Crippen LogP contribution in [-0.4, -0.2) is 22.2 Å². The van der Waals surface area contributed by atoms with Gasteiger partial charge in [-0.05, 0) is 36.0 Å². The van der Waals surface area contributed by atoms with Crippen LogP contribution in [-0.2, 0) is 9.59 Å². The second-order valence-electron chi connectivity index (χ2n) is 5.43. The summed E-state index contributed by atoms with van der Waals surface area (Å²) in [5, 5.41) is 18.1. The van der Waals surface area contributed by atoms with Gasteiger partial charge in [0, 0.05) is 5.03 Å². The molecular weight excluding hydrogens is 280 g/mol. The van der Waals surface area contributed by atoms with Crippen LogP contribution >= 0.6 is 11.6 Å². The first-order valence-electron chi connectivity index (χ1n) is 6.11.